The molecule has 1 saturated carbocycles. The minimum absolute atomic E-state index is 0.226. The number of hydrogen-bond donors (Lipinski definition) is 2. The van der Waals surface area contributed by atoms with Crippen LogP contribution in [0.2, 0.25) is 0 Å². The average molecular weight is 460 g/mol. The van der Waals surface area contributed by atoms with Gasteiger partial charge in [-0.15, -0.1) is 0 Å². The predicted octanol–water partition coefficient (Wildman–Crippen LogP) is 2.35. The molecule has 4 aromatic heterocycles. The largest absolute Gasteiger partial charge is 0.369 e. The number of amides is 1. The normalized spacial score (nSPS) is 15.1. The smallest absolute Gasteiger partial charge is 0.261 e. The molecule has 0 spiro atoms. The Morgan fingerprint density at radius 3 is 2.50 bits per heavy atom. The minimum atomic E-state index is -0.725. The third-order valence-electron chi connectivity index (χ3n) is 6.45. The van der Waals surface area contributed by atoms with Crippen molar-refractivity contribution >= 4 is 11.9 Å². The van der Waals surface area contributed by atoms with E-state index in [-0.39, 0.29) is 17.3 Å². The van der Waals surface area contributed by atoms with Gasteiger partial charge in [0.1, 0.15) is 0 Å². The predicted molar refractivity (Wildman–Crippen MR) is 123 cm³/mol. The zero-order valence-corrected chi connectivity index (χ0v) is 19.0. The van der Waals surface area contributed by atoms with Crippen LogP contribution in [0.25, 0.3) is 22.7 Å². The van der Waals surface area contributed by atoms with Gasteiger partial charge in [0.05, 0.1) is 34.8 Å². The van der Waals surface area contributed by atoms with Crippen LogP contribution in [0.1, 0.15) is 44.5 Å². The highest BCUT2D eigenvalue weighted by molar-refractivity contribution is 5.79. The number of primary amides is 1. The molecule has 1 fully saturated rings. The maximum absolute atomic E-state index is 11.6. The van der Waals surface area contributed by atoms with E-state index in [2.05, 4.69) is 25.2 Å². The van der Waals surface area contributed by atoms with Crippen LogP contribution >= 0.6 is 0 Å². The van der Waals surface area contributed by atoms with Crippen molar-refractivity contribution in [3.05, 3.63) is 54.5 Å². The van der Waals surface area contributed by atoms with Gasteiger partial charge in [-0.25, -0.2) is 9.97 Å². The number of nitrogens with two attached hydrogens (primary N) is 2. The van der Waals surface area contributed by atoms with Gasteiger partial charge in [-0.3, -0.25) is 14.5 Å². The van der Waals surface area contributed by atoms with Crippen molar-refractivity contribution in [2.45, 2.75) is 45.1 Å². The van der Waals surface area contributed by atoms with Gasteiger partial charge >= 0.3 is 0 Å². The number of hydrogen-bond acceptors (Lipinski definition) is 9. The topological polar surface area (TPSA) is 165 Å². The highest BCUT2D eigenvalue weighted by Crippen LogP contribution is 2.48. The summed E-state index contributed by atoms with van der Waals surface area (Å²) in [6.45, 7) is 3.91. The summed E-state index contributed by atoms with van der Waals surface area (Å²) >= 11 is 0. The number of nitrogens with zero attached hydrogens (tertiary/aromatic N) is 7. The second-order valence-corrected chi connectivity index (χ2v) is 9.30. The average Bonchev–Trinajstić information content (AvgIpc) is 3.44. The third-order valence-corrected chi connectivity index (χ3v) is 6.45. The molecule has 11 nitrogen and oxygen atoms in total. The first kappa shape index (κ1) is 21.7. The van der Waals surface area contributed by atoms with Crippen LogP contribution in [-0.4, -0.2) is 40.8 Å². The van der Waals surface area contributed by atoms with Crippen molar-refractivity contribution in [2.75, 3.05) is 5.73 Å². The fourth-order valence-corrected chi connectivity index (χ4v) is 4.07. The van der Waals surface area contributed by atoms with E-state index in [4.69, 9.17) is 21.0 Å². The Labute approximate surface area is 195 Å². The lowest BCUT2D eigenvalue weighted by Crippen LogP contribution is -2.36. The lowest BCUT2D eigenvalue weighted by atomic mass is 9.64. The van der Waals surface area contributed by atoms with Crippen molar-refractivity contribution in [1.82, 2.24) is 34.9 Å². The van der Waals surface area contributed by atoms with Crippen molar-refractivity contribution < 1.29 is 9.32 Å². The van der Waals surface area contributed by atoms with E-state index in [9.17, 15) is 4.79 Å². The second-order valence-electron chi connectivity index (χ2n) is 9.30. The monoisotopic (exact) mass is 459 g/mol. The number of aromatic nitrogens is 7. The highest BCUT2D eigenvalue weighted by Gasteiger charge is 2.45. The number of rotatable bonds is 7. The maximum atomic E-state index is 11.6. The van der Waals surface area contributed by atoms with Crippen molar-refractivity contribution in [2.24, 2.45) is 11.1 Å². The molecule has 5 rings (SSSR count). The molecule has 34 heavy (non-hydrogen) atoms. The number of pyridine rings is 1. The molecule has 0 saturated heterocycles. The maximum Gasteiger partial charge on any atom is 0.261 e. The molecule has 1 aliphatic carbocycles. The van der Waals surface area contributed by atoms with Gasteiger partial charge in [0, 0.05) is 30.4 Å². The molecule has 0 atom stereocenters. The number of nitrogen functional groups attached to an aromatic ring is 1. The molecule has 0 aromatic carbocycles. The first-order chi connectivity index (χ1) is 16.3. The van der Waals surface area contributed by atoms with E-state index in [1.54, 1.807) is 43.3 Å². The summed E-state index contributed by atoms with van der Waals surface area (Å²) in [4.78, 5) is 29.0. The standard InChI is InChI=1S/C23H25N9O2/c1-22(2,19(24)33)13-32-12-15(10-29-32)18-30-20(31-34-18)23(6-3-7-23)16-4-5-17(26-11-16)14-8-27-21(25)28-9-14/h4-5,8-12H,3,6-7,13H2,1-2H3,(H2,24,33)(H2,25,27,28). The zero-order valence-electron chi connectivity index (χ0n) is 19.0. The van der Waals surface area contributed by atoms with Gasteiger partial charge < -0.3 is 16.0 Å². The lowest BCUT2D eigenvalue weighted by molar-refractivity contribution is -0.126. The van der Waals surface area contributed by atoms with Gasteiger partial charge in [0.25, 0.3) is 5.89 Å². The summed E-state index contributed by atoms with van der Waals surface area (Å²) in [6.07, 6.45) is 11.5. The first-order valence-corrected chi connectivity index (χ1v) is 11.0. The van der Waals surface area contributed by atoms with Crippen LogP contribution in [0, 0.1) is 5.41 Å². The Kier molecular flexibility index (Phi) is 5.11. The second kappa shape index (κ2) is 8.01. The summed E-state index contributed by atoms with van der Waals surface area (Å²) < 4.78 is 7.25. The molecular weight excluding hydrogens is 434 g/mol. The SMILES string of the molecule is CC(C)(Cn1cc(-c2nc(C3(c4ccc(-c5cnc(N)nc5)nc4)CCC3)no2)cn1)C(N)=O. The van der Waals surface area contributed by atoms with E-state index in [0.717, 1.165) is 36.1 Å². The van der Waals surface area contributed by atoms with Crippen LogP contribution in [-0.2, 0) is 16.8 Å². The molecule has 0 bridgehead atoms. The van der Waals surface area contributed by atoms with E-state index in [1.807, 2.05) is 18.3 Å². The Hall–Kier alpha value is -4.15. The first-order valence-electron chi connectivity index (χ1n) is 11.0. The van der Waals surface area contributed by atoms with Gasteiger partial charge in [-0.1, -0.05) is 17.6 Å². The summed E-state index contributed by atoms with van der Waals surface area (Å²) in [5.41, 5.74) is 13.3. The van der Waals surface area contributed by atoms with Crippen LogP contribution in [0.3, 0.4) is 0 Å². The molecule has 1 amide bonds. The van der Waals surface area contributed by atoms with Crippen LogP contribution < -0.4 is 11.5 Å². The Bertz CT molecular complexity index is 1320. The summed E-state index contributed by atoms with van der Waals surface area (Å²) in [5.74, 6) is 0.848. The van der Waals surface area contributed by atoms with Gasteiger partial charge in [0.15, 0.2) is 5.82 Å². The highest BCUT2D eigenvalue weighted by atomic mass is 16.5. The summed E-state index contributed by atoms with van der Waals surface area (Å²) in [7, 11) is 0. The van der Waals surface area contributed by atoms with Crippen LogP contribution in [0.15, 0.2) is 47.6 Å². The van der Waals surface area contributed by atoms with Crippen molar-refractivity contribution in [1.29, 1.82) is 0 Å². The van der Waals surface area contributed by atoms with Crippen LogP contribution in [0.4, 0.5) is 5.95 Å². The van der Waals surface area contributed by atoms with E-state index >= 15 is 0 Å². The molecule has 0 radical (unpaired) electrons. The van der Waals surface area contributed by atoms with Crippen molar-refractivity contribution in [3.63, 3.8) is 0 Å². The molecule has 4 heterocycles. The molecular formula is C23H25N9O2. The molecule has 4 N–H and O–H groups in total. The molecule has 174 valence electrons. The molecule has 4 aromatic rings. The molecule has 11 heteroatoms. The molecule has 0 aliphatic heterocycles. The van der Waals surface area contributed by atoms with Gasteiger partial charge in [-0.05, 0) is 38.3 Å². The lowest BCUT2D eigenvalue weighted by Gasteiger charge is -2.39. The van der Waals surface area contributed by atoms with E-state index in [0.29, 0.717) is 23.8 Å². The van der Waals surface area contributed by atoms with Crippen LogP contribution in [0.5, 0.6) is 0 Å². The van der Waals surface area contributed by atoms with Gasteiger partial charge in [0.2, 0.25) is 11.9 Å². The summed E-state index contributed by atoms with van der Waals surface area (Å²) in [5, 5.41) is 8.63. The number of carbonyl (C=O) groups excluding carboxylic acids is 1. The van der Waals surface area contributed by atoms with E-state index in [1.165, 1.54) is 0 Å². The minimum Gasteiger partial charge on any atom is -0.369 e. The quantitative estimate of drug-likeness (QED) is 0.422. The van der Waals surface area contributed by atoms with E-state index < -0.39 is 5.41 Å². The Morgan fingerprint density at radius 1 is 1.12 bits per heavy atom. The summed E-state index contributed by atoms with van der Waals surface area (Å²) in [6, 6.07) is 3.98. The zero-order chi connectivity index (χ0) is 23.9. The number of carbonyl (C=O) groups is 1. The van der Waals surface area contributed by atoms with Crippen molar-refractivity contribution in [3.8, 4) is 22.7 Å². The Balaban J connectivity index is 1.38. The molecule has 0 unspecified atom stereocenters. The molecule has 1 aliphatic rings. The fourth-order valence-electron chi connectivity index (χ4n) is 4.07. The fraction of sp³-hybridized carbons (Fsp3) is 0.348. The number of anilines is 1. The van der Waals surface area contributed by atoms with Gasteiger partial charge in [-0.2, -0.15) is 10.1 Å². The third kappa shape index (κ3) is 3.78. The Morgan fingerprint density at radius 2 is 1.88 bits per heavy atom.